The maximum absolute atomic E-state index is 13.7. The number of ether oxygens (including phenoxy) is 3. The van der Waals surface area contributed by atoms with Crippen molar-refractivity contribution in [2.24, 2.45) is 17.0 Å². The van der Waals surface area contributed by atoms with Crippen LogP contribution in [-0.2, 0) is 41.9 Å². The number of esters is 2. The van der Waals surface area contributed by atoms with Crippen LogP contribution in [0.2, 0.25) is 5.02 Å². The third-order valence-electron chi connectivity index (χ3n) is 6.66. The van der Waals surface area contributed by atoms with Crippen LogP contribution in [0.1, 0.15) is 52.0 Å². The summed E-state index contributed by atoms with van der Waals surface area (Å²) in [6.07, 6.45) is -4.34. The molecule has 238 valence electrons. The van der Waals surface area contributed by atoms with E-state index in [-0.39, 0.29) is 6.61 Å². The molecule has 0 aliphatic carbocycles. The first kappa shape index (κ1) is 33.4. The zero-order chi connectivity index (χ0) is 32.2. The lowest BCUT2D eigenvalue weighted by atomic mass is 10.0. The highest BCUT2D eigenvalue weighted by molar-refractivity contribution is 7.48. The van der Waals surface area contributed by atoms with Crippen LogP contribution >= 0.6 is 19.4 Å². The van der Waals surface area contributed by atoms with Gasteiger partial charge in [0, 0.05) is 28.6 Å². The fraction of sp³-hybridized carbons (Fsp3) is 0.538. The second-order valence-electron chi connectivity index (χ2n) is 10.6. The number of azide groups is 1. The Morgan fingerprint density at radius 2 is 1.91 bits per heavy atom. The van der Waals surface area contributed by atoms with Gasteiger partial charge in [0.15, 0.2) is 18.4 Å². The average Bonchev–Trinajstić information content (AvgIpc) is 3.24. The topological polar surface area (TPSA) is 210 Å². The predicted molar refractivity (Wildman–Crippen MR) is 152 cm³/mol. The fourth-order valence-electron chi connectivity index (χ4n) is 4.39. The van der Waals surface area contributed by atoms with Crippen LogP contribution in [0.3, 0.4) is 0 Å². The van der Waals surface area contributed by atoms with Gasteiger partial charge in [-0.15, -0.1) is 0 Å². The number of hydrogen-bond acceptors (Lipinski definition) is 12. The van der Waals surface area contributed by atoms with E-state index in [0.29, 0.717) is 17.0 Å². The van der Waals surface area contributed by atoms with Crippen LogP contribution in [0.5, 0.6) is 0 Å². The van der Waals surface area contributed by atoms with Crippen LogP contribution in [0, 0.1) is 11.8 Å². The van der Waals surface area contributed by atoms with Crippen molar-refractivity contribution in [1.29, 1.82) is 0 Å². The largest absolute Gasteiger partial charge is 0.475 e. The number of carbonyl (C=O) groups excluding carboxylic acids is 2. The highest BCUT2D eigenvalue weighted by atomic mass is 35.5. The minimum absolute atomic E-state index is 0.0420. The number of halogens is 1. The average molecular weight is 656 g/mol. The van der Waals surface area contributed by atoms with E-state index in [1.54, 1.807) is 24.3 Å². The first-order valence-corrected chi connectivity index (χ1v) is 15.4. The molecule has 0 bridgehead atoms. The van der Waals surface area contributed by atoms with Crippen LogP contribution in [0.4, 0.5) is 0 Å². The lowest BCUT2D eigenvalue weighted by Crippen LogP contribution is -2.49. The van der Waals surface area contributed by atoms with Gasteiger partial charge in [-0.1, -0.05) is 56.5 Å². The first-order chi connectivity index (χ1) is 20.8. The lowest BCUT2D eigenvalue weighted by Gasteiger charge is -2.33. The van der Waals surface area contributed by atoms with Gasteiger partial charge in [0.05, 0.1) is 31.2 Å². The summed E-state index contributed by atoms with van der Waals surface area (Å²) in [5.41, 5.74) is 6.11. The molecule has 0 saturated carbocycles. The fourth-order valence-corrected chi connectivity index (χ4v) is 5.99. The molecule has 0 radical (unpaired) electrons. The third-order valence-corrected chi connectivity index (χ3v) is 8.35. The van der Waals surface area contributed by atoms with Crippen LogP contribution in [0.25, 0.3) is 10.4 Å². The molecule has 3 heterocycles. The van der Waals surface area contributed by atoms with Crippen molar-refractivity contribution in [3.63, 3.8) is 0 Å². The van der Waals surface area contributed by atoms with Gasteiger partial charge in [-0.2, -0.15) is 0 Å². The Hall–Kier alpha value is -3.49. The van der Waals surface area contributed by atoms with Crippen molar-refractivity contribution in [3.8, 4) is 0 Å². The van der Waals surface area contributed by atoms with Crippen molar-refractivity contribution in [2.45, 2.75) is 64.4 Å². The van der Waals surface area contributed by atoms with Crippen molar-refractivity contribution in [2.75, 3.05) is 13.2 Å². The minimum Gasteiger partial charge on any atom is -0.455 e. The summed E-state index contributed by atoms with van der Waals surface area (Å²) in [4.78, 5) is 55.1. The Morgan fingerprint density at radius 1 is 1.20 bits per heavy atom. The molecule has 16 nitrogen and oxygen atoms in total. The maximum atomic E-state index is 13.7. The van der Waals surface area contributed by atoms with Crippen molar-refractivity contribution in [3.05, 3.63) is 78.4 Å². The molecule has 2 aliphatic rings. The number of aromatic amines is 1. The van der Waals surface area contributed by atoms with Gasteiger partial charge in [0.2, 0.25) is 5.72 Å². The van der Waals surface area contributed by atoms with E-state index >= 15 is 0 Å². The zero-order valence-electron chi connectivity index (χ0n) is 24.2. The van der Waals surface area contributed by atoms with E-state index in [1.807, 2.05) is 0 Å². The molecule has 0 amide bonds. The molecular weight excluding hydrogens is 625 g/mol. The Balaban J connectivity index is 1.75. The minimum atomic E-state index is -4.39. The highest BCUT2D eigenvalue weighted by Gasteiger charge is 2.62. The molecule has 0 spiro atoms. The molecule has 4 rings (SSSR count). The standard InChI is InChI=1S/C26H31ClN5O11P/c1-14(2)23(34)40-20-21(41-24(35)15(3)4)26(30-31-28,42-22(20)32-10-8-19(33)29-25(32)36)13-39-44(37)38-11-9-18(43-44)16-6-5-7-17(27)12-16/h5-8,10,12,14-15,18,20-22H,9,11,13H2,1-4H3,(H,29,33,36)/t18-,20+,21-,22?,26+,44?/m0/s1. The number of phosphoric acid groups is 1. The number of nitrogens with zero attached hydrogens (tertiary/aromatic N) is 4. The molecule has 2 fully saturated rings. The first-order valence-electron chi connectivity index (χ1n) is 13.6. The normalized spacial score (nSPS) is 28.4. The number of nitrogens with one attached hydrogen (secondary N) is 1. The summed E-state index contributed by atoms with van der Waals surface area (Å²) in [5.74, 6) is -2.98. The number of H-pyrrole nitrogens is 1. The number of benzene rings is 1. The van der Waals surface area contributed by atoms with E-state index in [4.69, 9.17) is 39.4 Å². The second kappa shape index (κ2) is 13.7. The molecule has 2 saturated heterocycles. The van der Waals surface area contributed by atoms with E-state index in [0.717, 1.165) is 16.8 Å². The molecular formula is C26H31ClN5O11P. The van der Waals surface area contributed by atoms with Crippen molar-refractivity contribution < 1.29 is 41.9 Å². The van der Waals surface area contributed by atoms with E-state index in [2.05, 4.69) is 15.0 Å². The number of hydrogen-bond donors (Lipinski definition) is 1. The summed E-state index contributed by atoms with van der Waals surface area (Å²) in [6, 6.07) is 7.70. The van der Waals surface area contributed by atoms with E-state index < -0.39 is 79.7 Å². The zero-order valence-corrected chi connectivity index (χ0v) is 25.8. The smallest absolute Gasteiger partial charge is 0.455 e. The van der Waals surface area contributed by atoms with Crippen molar-refractivity contribution in [1.82, 2.24) is 9.55 Å². The van der Waals surface area contributed by atoms with Gasteiger partial charge in [0.25, 0.3) is 5.56 Å². The molecule has 1 aromatic heterocycles. The lowest BCUT2D eigenvalue weighted by molar-refractivity contribution is -0.177. The van der Waals surface area contributed by atoms with Crippen LogP contribution in [-0.4, -0.2) is 52.6 Å². The number of carbonyl (C=O) groups is 2. The third kappa shape index (κ3) is 7.41. The summed E-state index contributed by atoms with van der Waals surface area (Å²) in [6.45, 7) is 5.19. The van der Waals surface area contributed by atoms with Crippen molar-refractivity contribution >= 4 is 31.4 Å². The molecule has 44 heavy (non-hydrogen) atoms. The SMILES string of the molecule is CC(C)C(=O)O[C@H]1C(n2ccc(=O)[nH]c2=O)O[C@@](COP2(=O)OCC[C@@H](c3cccc(Cl)c3)O2)(N=[N+]=[N-])[C@H]1OC(=O)C(C)C. The number of rotatable bonds is 10. The Bertz CT molecular complexity index is 1610. The quantitative estimate of drug-likeness (QED) is 0.126. The van der Waals surface area contributed by atoms with Gasteiger partial charge in [-0.3, -0.25) is 37.5 Å². The molecule has 2 aromatic rings. The summed E-state index contributed by atoms with van der Waals surface area (Å²) < 4.78 is 48.5. The Labute approximate surface area is 255 Å². The van der Waals surface area contributed by atoms with Gasteiger partial charge in [-0.25, -0.2) is 9.36 Å². The Morgan fingerprint density at radius 3 is 2.55 bits per heavy atom. The summed E-state index contributed by atoms with van der Waals surface area (Å²) >= 11 is 6.10. The maximum Gasteiger partial charge on any atom is 0.475 e. The van der Waals surface area contributed by atoms with E-state index in [1.165, 1.54) is 27.7 Å². The molecule has 6 atom stereocenters. The molecule has 1 N–H and O–H groups in total. The summed E-state index contributed by atoms with van der Waals surface area (Å²) in [7, 11) is -4.39. The summed E-state index contributed by atoms with van der Waals surface area (Å²) in [5, 5.41) is 4.13. The second-order valence-corrected chi connectivity index (χ2v) is 12.7. The molecule has 1 aromatic carbocycles. The van der Waals surface area contributed by atoms with Crippen LogP contribution < -0.4 is 11.2 Å². The van der Waals surface area contributed by atoms with Gasteiger partial charge in [0.1, 0.15) is 0 Å². The monoisotopic (exact) mass is 655 g/mol. The van der Waals surface area contributed by atoms with Gasteiger partial charge < -0.3 is 14.2 Å². The van der Waals surface area contributed by atoms with E-state index in [9.17, 15) is 29.3 Å². The Kier molecular flexibility index (Phi) is 10.4. The van der Waals surface area contributed by atoms with Gasteiger partial charge in [-0.05, 0) is 23.2 Å². The number of aromatic nitrogens is 2. The molecule has 18 heteroatoms. The van der Waals surface area contributed by atoms with Crippen LogP contribution in [0.15, 0.2) is 51.2 Å². The highest BCUT2D eigenvalue weighted by Crippen LogP contribution is 2.58. The molecule has 2 aliphatic heterocycles. The predicted octanol–water partition coefficient (Wildman–Crippen LogP) is 4.16. The molecule has 2 unspecified atom stereocenters. The number of phosphoric ester groups is 1. The van der Waals surface area contributed by atoms with Gasteiger partial charge >= 0.3 is 25.5 Å².